The van der Waals surface area contributed by atoms with Gasteiger partial charge in [0.05, 0.1) is 0 Å². The first-order chi connectivity index (χ1) is 12.3. The van der Waals surface area contributed by atoms with E-state index in [-0.39, 0.29) is 18.4 Å². The minimum absolute atomic E-state index is 0.186. The zero-order chi connectivity index (χ0) is 17.1. The molecule has 0 saturated carbocycles. The van der Waals surface area contributed by atoms with Crippen LogP contribution in [0.4, 0.5) is 17.3 Å². The molecule has 0 atom stereocenters. The van der Waals surface area contributed by atoms with Crippen LogP contribution in [0.2, 0.25) is 0 Å². The minimum atomic E-state index is -0.329. The third kappa shape index (κ3) is 3.32. The second-order valence-electron chi connectivity index (χ2n) is 5.15. The van der Waals surface area contributed by atoms with Crippen molar-refractivity contribution >= 4 is 23.2 Å². The Hall–Kier alpha value is -3.68. The summed E-state index contributed by atoms with van der Waals surface area (Å²) in [6.45, 7) is 0.186. The predicted octanol–water partition coefficient (Wildman–Crippen LogP) is 2.60. The van der Waals surface area contributed by atoms with Crippen LogP contribution in [-0.4, -0.2) is 27.7 Å². The molecule has 2 N–H and O–H groups in total. The molecule has 8 nitrogen and oxygen atoms in total. The summed E-state index contributed by atoms with van der Waals surface area (Å²) in [6, 6.07) is 12.0. The minimum Gasteiger partial charge on any atom is -0.454 e. The van der Waals surface area contributed by atoms with E-state index in [1.54, 1.807) is 48.7 Å². The number of hydrogen-bond donors (Lipinski definition) is 2. The molecule has 3 aromatic rings. The van der Waals surface area contributed by atoms with E-state index in [4.69, 9.17) is 9.47 Å². The molecule has 0 bridgehead atoms. The largest absolute Gasteiger partial charge is 0.454 e. The van der Waals surface area contributed by atoms with E-state index in [0.717, 1.165) is 0 Å². The van der Waals surface area contributed by atoms with E-state index < -0.39 is 0 Å². The molecular weight excluding hydrogens is 322 g/mol. The molecule has 1 aliphatic rings. The molecule has 1 amide bonds. The number of benzene rings is 1. The van der Waals surface area contributed by atoms with E-state index in [1.165, 1.54) is 6.33 Å². The molecule has 0 unspecified atom stereocenters. The van der Waals surface area contributed by atoms with Gasteiger partial charge in [-0.2, -0.15) is 0 Å². The number of pyridine rings is 1. The SMILES string of the molecule is O=C(Nc1ccc2c(c1)OCO2)c1cccc(Nc2ccncn2)n1. The van der Waals surface area contributed by atoms with Crippen molar-refractivity contribution in [2.75, 3.05) is 17.4 Å². The van der Waals surface area contributed by atoms with Crippen LogP contribution in [0.15, 0.2) is 55.0 Å². The maximum absolute atomic E-state index is 12.4. The first-order valence-electron chi connectivity index (χ1n) is 7.49. The predicted molar refractivity (Wildman–Crippen MR) is 90.1 cm³/mol. The Morgan fingerprint density at radius 3 is 2.84 bits per heavy atom. The maximum Gasteiger partial charge on any atom is 0.274 e. The van der Waals surface area contributed by atoms with Gasteiger partial charge in [0.15, 0.2) is 11.5 Å². The van der Waals surface area contributed by atoms with Crippen LogP contribution in [0.3, 0.4) is 0 Å². The zero-order valence-corrected chi connectivity index (χ0v) is 13.0. The van der Waals surface area contributed by atoms with Gasteiger partial charge in [-0.15, -0.1) is 0 Å². The van der Waals surface area contributed by atoms with Gasteiger partial charge in [-0.3, -0.25) is 4.79 Å². The highest BCUT2D eigenvalue weighted by atomic mass is 16.7. The second kappa shape index (κ2) is 6.44. The second-order valence-corrected chi connectivity index (χ2v) is 5.15. The molecule has 0 fully saturated rings. The number of rotatable bonds is 4. The average Bonchev–Trinajstić information content (AvgIpc) is 3.10. The summed E-state index contributed by atoms with van der Waals surface area (Å²) in [7, 11) is 0. The first kappa shape index (κ1) is 14.9. The van der Waals surface area contributed by atoms with Gasteiger partial charge < -0.3 is 20.1 Å². The number of nitrogens with one attached hydrogen (secondary N) is 2. The van der Waals surface area contributed by atoms with Crippen molar-refractivity contribution in [3.63, 3.8) is 0 Å². The van der Waals surface area contributed by atoms with Crippen molar-refractivity contribution in [2.45, 2.75) is 0 Å². The number of ether oxygens (including phenoxy) is 2. The molecule has 3 heterocycles. The van der Waals surface area contributed by atoms with Crippen molar-refractivity contribution in [3.05, 3.63) is 60.7 Å². The van der Waals surface area contributed by atoms with Crippen LogP contribution in [-0.2, 0) is 0 Å². The molecule has 25 heavy (non-hydrogen) atoms. The van der Waals surface area contributed by atoms with Crippen molar-refractivity contribution in [3.8, 4) is 11.5 Å². The van der Waals surface area contributed by atoms with Gasteiger partial charge in [0.2, 0.25) is 6.79 Å². The molecule has 0 spiro atoms. The molecule has 4 rings (SSSR count). The number of fused-ring (bicyclic) bond motifs is 1. The lowest BCUT2D eigenvalue weighted by Crippen LogP contribution is -2.14. The Bertz CT molecular complexity index is 917. The van der Waals surface area contributed by atoms with Crippen LogP contribution >= 0.6 is 0 Å². The number of aromatic nitrogens is 3. The molecule has 1 aliphatic heterocycles. The summed E-state index contributed by atoms with van der Waals surface area (Å²) in [5, 5.41) is 5.81. The molecule has 1 aromatic carbocycles. The molecule has 2 aromatic heterocycles. The fraction of sp³-hybridized carbons (Fsp3) is 0.0588. The lowest BCUT2D eigenvalue weighted by molar-refractivity contribution is 0.102. The molecule has 8 heteroatoms. The van der Waals surface area contributed by atoms with Crippen LogP contribution < -0.4 is 20.1 Å². The zero-order valence-electron chi connectivity index (χ0n) is 13.0. The fourth-order valence-corrected chi connectivity index (χ4v) is 2.30. The Balaban J connectivity index is 1.49. The highest BCUT2D eigenvalue weighted by Gasteiger charge is 2.15. The number of carbonyl (C=O) groups excluding carboxylic acids is 1. The average molecular weight is 335 g/mol. The smallest absolute Gasteiger partial charge is 0.274 e. The topological polar surface area (TPSA) is 98.3 Å². The van der Waals surface area contributed by atoms with Crippen molar-refractivity contribution < 1.29 is 14.3 Å². The molecule has 124 valence electrons. The van der Waals surface area contributed by atoms with Crippen molar-refractivity contribution in [2.24, 2.45) is 0 Å². The van der Waals surface area contributed by atoms with Gasteiger partial charge in [0, 0.05) is 18.0 Å². The van der Waals surface area contributed by atoms with Crippen molar-refractivity contribution in [1.29, 1.82) is 0 Å². The number of amides is 1. The Morgan fingerprint density at radius 1 is 1.04 bits per heavy atom. The lowest BCUT2D eigenvalue weighted by atomic mass is 10.2. The van der Waals surface area contributed by atoms with Gasteiger partial charge >= 0.3 is 0 Å². The third-order valence-electron chi connectivity index (χ3n) is 3.45. The van der Waals surface area contributed by atoms with Gasteiger partial charge in [0.1, 0.15) is 23.7 Å². The summed E-state index contributed by atoms with van der Waals surface area (Å²) in [6.07, 6.45) is 3.05. The Labute approximate surface area is 142 Å². The van der Waals surface area contributed by atoms with E-state index in [1.807, 2.05) is 0 Å². The van der Waals surface area contributed by atoms with Crippen LogP contribution in [0.5, 0.6) is 11.5 Å². The summed E-state index contributed by atoms with van der Waals surface area (Å²) in [4.78, 5) is 24.6. The maximum atomic E-state index is 12.4. The summed E-state index contributed by atoms with van der Waals surface area (Å²) < 4.78 is 10.6. The standard InChI is InChI=1S/C17H13N5O3/c23-17(20-11-4-5-13-14(8-11)25-10-24-13)12-2-1-3-16(21-12)22-15-6-7-18-9-19-15/h1-9H,10H2,(H,20,23)(H,18,19,21,22). The van der Waals surface area contributed by atoms with Crippen LogP contribution in [0, 0.1) is 0 Å². The highest BCUT2D eigenvalue weighted by molar-refractivity contribution is 6.03. The van der Waals surface area contributed by atoms with Gasteiger partial charge in [-0.1, -0.05) is 6.07 Å². The van der Waals surface area contributed by atoms with E-state index in [9.17, 15) is 4.79 Å². The van der Waals surface area contributed by atoms with E-state index in [0.29, 0.717) is 28.8 Å². The molecule has 0 saturated heterocycles. The van der Waals surface area contributed by atoms with Gasteiger partial charge in [-0.25, -0.2) is 15.0 Å². The third-order valence-corrected chi connectivity index (χ3v) is 3.45. The van der Waals surface area contributed by atoms with E-state index >= 15 is 0 Å². The lowest BCUT2D eigenvalue weighted by Gasteiger charge is -2.08. The van der Waals surface area contributed by atoms with Gasteiger partial charge in [-0.05, 0) is 30.3 Å². The summed E-state index contributed by atoms with van der Waals surface area (Å²) >= 11 is 0. The van der Waals surface area contributed by atoms with E-state index in [2.05, 4.69) is 25.6 Å². The Morgan fingerprint density at radius 2 is 1.96 bits per heavy atom. The first-order valence-corrected chi connectivity index (χ1v) is 7.49. The van der Waals surface area contributed by atoms with Crippen molar-refractivity contribution in [1.82, 2.24) is 15.0 Å². The number of anilines is 3. The monoisotopic (exact) mass is 335 g/mol. The fourth-order valence-electron chi connectivity index (χ4n) is 2.30. The molecular formula is C17H13N5O3. The molecule has 0 radical (unpaired) electrons. The van der Waals surface area contributed by atoms with Crippen LogP contribution in [0.1, 0.15) is 10.5 Å². The number of hydrogen-bond acceptors (Lipinski definition) is 7. The quantitative estimate of drug-likeness (QED) is 0.756. The van der Waals surface area contributed by atoms with Crippen LogP contribution in [0.25, 0.3) is 0 Å². The number of nitrogens with zero attached hydrogens (tertiary/aromatic N) is 3. The van der Waals surface area contributed by atoms with Gasteiger partial charge in [0.25, 0.3) is 5.91 Å². The normalized spacial score (nSPS) is 11.8. The Kier molecular flexibility index (Phi) is 3.83. The summed E-state index contributed by atoms with van der Waals surface area (Å²) in [5.74, 6) is 2.04. The summed E-state index contributed by atoms with van der Waals surface area (Å²) in [5.41, 5.74) is 0.877. The number of carbonyl (C=O) groups is 1. The molecule has 0 aliphatic carbocycles. The highest BCUT2D eigenvalue weighted by Crippen LogP contribution is 2.34.